The molecule has 1 aliphatic rings. The number of sulfonamides is 1. The summed E-state index contributed by atoms with van der Waals surface area (Å²) >= 11 is 0. The van der Waals surface area contributed by atoms with Crippen LogP contribution in [0.15, 0.2) is 59.5 Å². The second-order valence-electron chi connectivity index (χ2n) is 6.72. The summed E-state index contributed by atoms with van der Waals surface area (Å²) in [7, 11) is -3.97. The van der Waals surface area contributed by atoms with Gasteiger partial charge in [-0.1, -0.05) is 36.4 Å². The molecular weight excluding hydrogens is 394 g/mol. The van der Waals surface area contributed by atoms with Gasteiger partial charge in [0.05, 0.1) is 6.61 Å². The summed E-state index contributed by atoms with van der Waals surface area (Å²) in [5.74, 6) is -0.138. The van der Waals surface area contributed by atoms with Crippen molar-refractivity contribution in [2.45, 2.75) is 11.0 Å². The van der Waals surface area contributed by atoms with Crippen LogP contribution >= 0.6 is 0 Å². The second kappa shape index (κ2) is 7.86. The van der Waals surface area contributed by atoms with E-state index in [0.717, 1.165) is 0 Å². The van der Waals surface area contributed by atoms with Crippen LogP contribution in [0.1, 0.15) is 10.5 Å². The number of fused-ring (bicyclic) bond motifs is 1. The maximum absolute atomic E-state index is 13.4. The number of nitrogens with zero attached hydrogens (tertiary/aromatic N) is 1. The number of carbonyl (C=O) groups is 1. The highest BCUT2D eigenvalue weighted by molar-refractivity contribution is 7.89. The Balaban J connectivity index is 1.60. The summed E-state index contributed by atoms with van der Waals surface area (Å²) in [5, 5.41) is 0.435. The molecule has 152 valence electrons. The van der Waals surface area contributed by atoms with Gasteiger partial charge in [-0.2, -0.15) is 4.31 Å². The van der Waals surface area contributed by atoms with Gasteiger partial charge in [0.15, 0.2) is 0 Å². The van der Waals surface area contributed by atoms with Gasteiger partial charge in [0, 0.05) is 24.0 Å². The van der Waals surface area contributed by atoms with E-state index in [1.807, 2.05) is 30.3 Å². The number of nitrogens with two attached hydrogens (primary N) is 1. The summed E-state index contributed by atoms with van der Waals surface area (Å²) in [6.45, 7) is 0.748. The van der Waals surface area contributed by atoms with Crippen LogP contribution in [0.25, 0.3) is 10.9 Å². The fourth-order valence-corrected chi connectivity index (χ4v) is 5.21. The predicted octanol–water partition coefficient (Wildman–Crippen LogP) is 1.74. The van der Waals surface area contributed by atoms with Gasteiger partial charge >= 0.3 is 0 Å². The number of para-hydroxylation sites is 2. The van der Waals surface area contributed by atoms with Gasteiger partial charge in [-0.25, -0.2) is 8.42 Å². The van der Waals surface area contributed by atoms with Gasteiger partial charge < -0.3 is 20.2 Å². The van der Waals surface area contributed by atoms with Crippen LogP contribution in [0.3, 0.4) is 0 Å². The van der Waals surface area contributed by atoms with Crippen LogP contribution in [0.5, 0.6) is 5.75 Å². The number of nitrogens with one attached hydrogen (secondary N) is 1. The molecule has 1 aliphatic heterocycles. The fourth-order valence-electron chi connectivity index (χ4n) is 3.40. The zero-order valence-corrected chi connectivity index (χ0v) is 16.4. The van der Waals surface area contributed by atoms with Crippen LogP contribution in [0.2, 0.25) is 0 Å². The molecule has 0 bridgehead atoms. The minimum atomic E-state index is -3.97. The van der Waals surface area contributed by atoms with Crippen molar-refractivity contribution in [2.24, 2.45) is 5.73 Å². The molecule has 1 fully saturated rings. The number of carbonyl (C=O) groups excluding carboxylic acids is 1. The van der Waals surface area contributed by atoms with Gasteiger partial charge in [0.2, 0.25) is 10.0 Å². The van der Waals surface area contributed by atoms with E-state index in [9.17, 15) is 13.2 Å². The molecule has 0 saturated carbocycles. The molecule has 4 rings (SSSR count). The predicted molar refractivity (Wildman–Crippen MR) is 107 cm³/mol. The topological polar surface area (TPSA) is 115 Å². The number of aromatic amines is 1. The molecular formula is C20H21N3O5S. The molecule has 0 radical (unpaired) electrons. The molecule has 8 nitrogen and oxygen atoms in total. The van der Waals surface area contributed by atoms with E-state index in [2.05, 4.69) is 4.98 Å². The van der Waals surface area contributed by atoms with Gasteiger partial charge in [-0.15, -0.1) is 0 Å². The lowest BCUT2D eigenvalue weighted by Crippen LogP contribution is -2.47. The van der Waals surface area contributed by atoms with Crippen molar-refractivity contribution < 1.29 is 22.7 Å². The van der Waals surface area contributed by atoms with E-state index >= 15 is 0 Å². The number of hydrogen-bond donors (Lipinski definition) is 2. The number of hydrogen-bond acceptors (Lipinski definition) is 5. The van der Waals surface area contributed by atoms with E-state index in [-0.39, 0.29) is 36.9 Å². The zero-order chi connectivity index (χ0) is 20.4. The second-order valence-corrected chi connectivity index (χ2v) is 8.59. The van der Waals surface area contributed by atoms with Crippen molar-refractivity contribution in [1.29, 1.82) is 0 Å². The molecule has 1 aromatic heterocycles. The van der Waals surface area contributed by atoms with Gasteiger partial charge in [-0.3, -0.25) is 4.79 Å². The lowest BCUT2D eigenvalue weighted by atomic mass is 10.2. The largest absolute Gasteiger partial charge is 0.491 e. The third-order valence-electron chi connectivity index (χ3n) is 4.78. The number of primary amides is 1. The Labute approximate surface area is 168 Å². The molecule has 3 aromatic rings. The number of aromatic nitrogens is 1. The molecule has 1 saturated heterocycles. The highest BCUT2D eigenvalue weighted by Crippen LogP contribution is 2.30. The van der Waals surface area contributed by atoms with Crippen LogP contribution in [0, 0.1) is 0 Å². The maximum atomic E-state index is 13.4. The quantitative estimate of drug-likeness (QED) is 0.636. The summed E-state index contributed by atoms with van der Waals surface area (Å²) < 4.78 is 39.5. The van der Waals surface area contributed by atoms with Crippen molar-refractivity contribution in [3.63, 3.8) is 0 Å². The third-order valence-corrected chi connectivity index (χ3v) is 6.73. The Bertz CT molecular complexity index is 1130. The molecule has 0 aliphatic carbocycles. The molecule has 9 heteroatoms. The molecule has 29 heavy (non-hydrogen) atoms. The number of amides is 1. The van der Waals surface area contributed by atoms with Crippen LogP contribution in [-0.2, 0) is 14.8 Å². The average molecular weight is 415 g/mol. The van der Waals surface area contributed by atoms with Gasteiger partial charge in [0.1, 0.15) is 29.0 Å². The molecule has 2 heterocycles. The van der Waals surface area contributed by atoms with E-state index in [1.54, 1.807) is 24.3 Å². The number of morpholine rings is 1. The number of rotatable bonds is 6. The Morgan fingerprint density at radius 2 is 1.90 bits per heavy atom. The Morgan fingerprint density at radius 3 is 2.66 bits per heavy atom. The monoisotopic (exact) mass is 415 g/mol. The first-order chi connectivity index (χ1) is 14.0. The summed E-state index contributed by atoms with van der Waals surface area (Å²) in [6, 6.07) is 16.1. The van der Waals surface area contributed by atoms with Crippen molar-refractivity contribution in [3.8, 4) is 5.75 Å². The first kappa shape index (κ1) is 19.4. The molecule has 1 atom stereocenters. The normalized spacial score (nSPS) is 18.0. The molecule has 1 unspecified atom stereocenters. The maximum Gasteiger partial charge on any atom is 0.266 e. The lowest BCUT2D eigenvalue weighted by molar-refractivity contribution is -0.0249. The van der Waals surface area contributed by atoms with E-state index in [0.29, 0.717) is 16.7 Å². The number of benzene rings is 2. The lowest BCUT2D eigenvalue weighted by Gasteiger charge is -2.32. The van der Waals surface area contributed by atoms with Crippen LogP contribution in [0.4, 0.5) is 0 Å². The van der Waals surface area contributed by atoms with E-state index in [4.69, 9.17) is 15.2 Å². The van der Waals surface area contributed by atoms with E-state index in [1.165, 1.54) is 4.31 Å². The summed E-state index contributed by atoms with van der Waals surface area (Å²) in [4.78, 5) is 14.6. The van der Waals surface area contributed by atoms with Crippen molar-refractivity contribution in [3.05, 3.63) is 60.3 Å². The molecule has 2 aromatic carbocycles. The minimum Gasteiger partial charge on any atom is -0.491 e. The van der Waals surface area contributed by atoms with E-state index < -0.39 is 22.0 Å². The number of ether oxygens (including phenoxy) is 2. The highest BCUT2D eigenvalue weighted by Gasteiger charge is 2.36. The SMILES string of the molecule is NC(=O)c1[nH]c2ccccc2c1S(=O)(=O)N1CCOC(COc2ccccc2)C1. The Kier molecular flexibility index (Phi) is 5.27. The molecule has 1 amide bonds. The number of H-pyrrole nitrogens is 1. The average Bonchev–Trinajstić information content (AvgIpc) is 3.14. The highest BCUT2D eigenvalue weighted by atomic mass is 32.2. The summed E-state index contributed by atoms with van der Waals surface area (Å²) in [5.41, 5.74) is 5.87. The third kappa shape index (κ3) is 3.84. The van der Waals surface area contributed by atoms with Crippen LogP contribution in [-0.4, -0.2) is 56.0 Å². The zero-order valence-electron chi connectivity index (χ0n) is 15.6. The van der Waals surface area contributed by atoms with Crippen molar-refractivity contribution in [2.75, 3.05) is 26.3 Å². The Morgan fingerprint density at radius 1 is 1.17 bits per heavy atom. The Hall–Kier alpha value is -2.88. The fraction of sp³-hybridized carbons (Fsp3) is 0.250. The van der Waals surface area contributed by atoms with Crippen LogP contribution < -0.4 is 10.5 Å². The van der Waals surface area contributed by atoms with Crippen molar-refractivity contribution >= 4 is 26.8 Å². The smallest absolute Gasteiger partial charge is 0.266 e. The first-order valence-electron chi connectivity index (χ1n) is 9.17. The standard InChI is InChI=1S/C20H21N3O5S/c21-20(24)18-19(16-8-4-5-9-17(16)22-18)29(25,26)23-10-11-27-15(12-23)13-28-14-6-2-1-3-7-14/h1-9,15,22H,10-13H2,(H2,21,24). The van der Waals surface area contributed by atoms with Gasteiger partial charge in [0.25, 0.3) is 5.91 Å². The molecule has 3 N–H and O–H groups in total. The minimum absolute atomic E-state index is 0.0924. The van der Waals surface area contributed by atoms with Crippen molar-refractivity contribution in [1.82, 2.24) is 9.29 Å². The first-order valence-corrected chi connectivity index (χ1v) is 10.6. The molecule has 0 spiro atoms. The summed E-state index contributed by atoms with van der Waals surface area (Å²) in [6.07, 6.45) is -0.430. The van der Waals surface area contributed by atoms with Gasteiger partial charge in [-0.05, 0) is 18.2 Å².